The van der Waals surface area contributed by atoms with Gasteiger partial charge in [0, 0.05) is 36.9 Å². The average molecular weight is 306 g/mol. The topological polar surface area (TPSA) is 29.9 Å². The molecule has 1 N–H and O–H groups in total. The molecule has 0 saturated heterocycles. The molecule has 0 fully saturated rings. The molecule has 1 aromatic carbocycles. The molecule has 0 aliphatic heterocycles. The number of hydrogen-bond donors (Lipinski definition) is 1. The van der Waals surface area contributed by atoms with E-state index in [-0.39, 0.29) is 0 Å². The summed E-state index contributed by atoms with van der Waals surface area (Å²) in [4.78, 5) is 4.40. The lowest BCUT2D eigenvalue weighted by molar-refractivity contribution is 0.471. The van der Waals surface area contributed by atoms with Gasteiger partial charge in [-0.3, -0.25) is 0 Å². The van der Waals surface area contributed by atoms with Crippen LogP contribution in [-0.4, -0.2) is 22.1 Å². The summed E-state index contributed by atoms with van der Waals surface area (Å²) in [5, 5.41) is 4.45. The Labute approximate surface area is 132 Å². The third-order valence-corrected chi connectivity index (χ3v) is 3.93. The van der Waals surface area contributed by atoms with E-state index >= 15 is 0 Å². The molecule has 21 heavy (non-hydrogen) atoms. The highest BCUT2D eigenvalue weighted by atomic mass is 35.5. The number of aromatic nitrogens is 2. The van der Waals surface area contributed by atoms with Crippen molar-refractivity contribution in [1.29, 1.82) is 0 Å². The number of halogens is 1. The second kappa shape index (κ2) is 8.20. The fourth-order valence-electron chi connectivity index (χ4n) is 2.51. The van der Waals surface area contributed by atoms with Crippen molar-refractivity contribution in [3.8, 4) is 0 Å². The molecule has 1 aromatic heterocycles. The van der Waals surface area contributed by atoms with E-state index in [1.807, 2.05) is 31.6 Å². The van der Waals surface area contributed by atoms with Gasteiger partial charge in [-0.15, -0.1) is 0 Å². The summed E-state index contributed by atoms with van der Waals surface area (Å²) in [6, 6.07) is 8.61. The molecule has 4 heteroatoms. The Balaban J connectivity index is 1.95. The standard InChI is InChI=1S/C17H24ClN3/c1-3-9-19-16(7-8-17-20-10-11-21(17)2)13-14-5-4-6-15(18)12-14/h4-6,10-12,16,19H,3,7-9,13H2,1-2H3. The van der Waals surface area contributed by atoms with Gasteiger partial charge in [0.25, 0.3) is 0 Å². The maximum absolute atomic E-state index is 6.08. The van der Waals surface area contributed by atoms with Crippen molar-refractivity contribution in [2.45, 2.75) is 38.6 Å². The molecule has 1 unspecified atom stereocenters. The predicted molar refractivity (Wildman–Crippen MR) is 88.8 cm³/mol. The van der Waals surface area contributed by atoms with E-state index in [0.29, 0.717) is 6.04 Å². The lowest BCUT2D eigenvalue weighted by Gasteiger charge is -2.18. The molecule has 0 spiro atoms. The minimum atomic E-state index is 0.458. The zero-order chi connectivity index (χ0) is 15.1. The smallest absolute Gasteiger partial charge is 0.108 e. The summed E-state index contributed by atoms with van der Waals surface area (Å²) < 4.78 is 2.09. The first-order valence-corrected chi connectivity index (χ1v) is 8.01. The Kier molecular flexibility index (Phi) is 6.27. The normalized spacial score (nSPS) is 12.5. The van der Waals surface area contributed by atoms with Gasteiger partial charge in [-0.05, 0) is 43.5 Å². The Morgan fingerprint density at radius 2 is 2.24 bits per heavy atom. The maximum Gasteiger partial charge on any atom is 0.108 e. The molecule has 0 aliphatic rings. The van der Waals surface area contributed by atoms with Crippen LogP contribution in [0.4, 0.5) is 0 Å². The highest BCUT2D eigenvalue weighted by Crippen LogP contribution is 2.14. The van der Waals surface area contributed by atoms with E-state index in [4.69, 9.17) is 11.6 Å². The van der Waals surface area contributed by atoms with Crippen LogP contribution < -0.4 is 5.32 Å². The first kappa shape index (κ1) is 16.1. The largest absolute Gasteiger partial charge is 0.338 e. The number of nitrogens with zero attached hydrogens (tertiary/aromatic N) is 2. The van der Waals surface area contributed by atoms with Gasteiger partial charge in [-0.2, -0.15) is 0 Å². The molecule has 3 nitrogen and oxygen atoms in total. The van der Waals surface area contributed by atoms with Gasteiger partial charge in [0.2, 0.25) is 0 Å². The van der Waals surface area contributed by atoms with Crippen LogP contribution in [0.15, 0.2) is 36.7 Å². The van der Waals surface area contributed by atoms with Crippen molar-refractivity contribution in [3.63, 3.8) is 0 Å². The number of hydrogen-bond acceptors (Lipinski definition) is 2. The molecular weight excluding hydrogens is 282 g/mol. The molecule has 0 radical (unpaired) electrons. The van der Waals surface area contributed by atoms with Crippen molar-refractivity contribution in [2.24, 2.45) is 7.05 Å². The fourth-order valence-corrected chi connectivity index (χ4v) is 2.73. The number of rotatable bonds is 8. The molecule has 2 aromatic rings. The Morgan fingerprint density at radius 3 is 2.90 bits per heavy atom. The third kappa shape index (κ3) is 5.18. The predicted octanol–water partition coefficient (Wildman–Crippen LogP) is 3.62. The van der Waals surface area contributed by atoms with Gasteiger partial charge < -0.3 is 9.88 Å². The summed E-state index contributed by atoms with van der Waals surface area (Å²) in [6.07, 6.45) is 8.09. The van der Waals surface area contributed by atoms with Crippen LogP contribution in [-0.2, 0) is 19.9 Å². The maximum atomic E-state index is 6.08. The van der Waals surface area contributed by atoms with Crippen molar-refractivity contribution in [3.05, 3.63) is 53.1 Å². The summed E-state index contributed by atoms with van der Waals surface area (Å²) in [5.41, 5.74) is 1.29. The highest BCUT2D eigenvalue weighted by molar-refractivity contribution is 6.30. The van der Waals surface area contributed by atoms with Gasteiger partial charge in [0.1, 0.15) is 5.82 Å². The van der Waals surface area contributed by atoms with E-state index in [9.17, 15) is 0 Å². The number of aryl methyl sites for hydroxylation is 2. The molecule has 2 rings (SSSR count). The summed E-state index contributed by atoms with van der Waals surface area (Å²) in [7, 11) is 2.05. The number of imidazole rings is 1. The molecule has 0 amide bonds. The van der Waals surface area contributed by atoms with Gasteiger partial charge >= 0.3 is 0 Å². The molecule has 0 saturated carbocycles. The third-order valence-electron chi connectivity index (χ3n) is 3.69. The highest BCUT2D eigenvalue weighted by Gasteiger charge is 2.11. The second-order valence-corrected chi connectivity index (χ2v) is 5.91. The fraction of sp³-hybridized carbons (Fsp3) is 0.471. The molecule has 114 valence electrons. The minimum Gasteiger partial charge on any atom is -0.338 e. The van der Waals surface area contributed by atoms with Crippen LogP contribution in [0.5, 0.6) is 0 Å². The van der Waals surface area contributed by atoms with Gasteiger partial charge in [-0.25, -0.2) is 4.98 Å². The quantitative estimate of drug-likeness (QED) is 0.807. The summed E-state index contributed by atoms with van der Waals surface area (Å²) >= 11 is 6.08. The molecular formula is C17H24ClN3. The average Bonchev–Trinajstić information content (AvgIpc) is 2.87. The van der Waals surface area contributed by atoms with Crippen molar-refractivity contribution >= 4 is 11.6 Å². The summed E-state index contributed by atoms with van der Waals surface area (Å²) in [6.45, 7) is 3.24. The minimum absolute atomic E-state index is 0.458. The van der Waals surface area contributed by atoms with Crippen molar-refractivity contribution < 1.29 is 0 Å². The van der Waals surface area contributed by atoms with Gasteiger partial charge in [-0.1, -0.05) is 30.7 Å². The monoisotopic (exact) mass is 305 g/mol. The second-order valence-electron chi connectivity index (χ2n) is 5.48. The van der Waals surface area contributed by atoms with E-state index in [1.54, 1.807) is 0 Å². The molecule has 1 heterocycles. The summed E-state index contributed by atoms with van der Waals surface area (Å²) in [5.74, 6) is 1.14. The Morgan fingerprint density at radius 1 is 1.38 bits per heavy atom. The SMILES string of the molecule is CCCNC(CCc1nccn1C)Cc1cccc(Cl)c1. The Bertz CT molecular complexity index is 550. The number of nitrogens with one attached hydrogen (secondary N) is 1. The first-order valence-electron chi connectivity index (χ1n) is 7.63. The van der Waals surface area contributed by atoms with Crippen LogP contribution in [0.2, 0.25) is 5.02 Å². The molecule has 1 atom stereocenters. The van der Waals surface area contributed by atoms with E-state index in [1.165, 1.54) is 5.56 Å². The molecule has 0 bridgehead atoms. The van der Waals surface area contributed by atoms with Gasteiger partial charge in [0.05, 0.1) is 0 Å². The van der Waals surface area contributed by atoms with Crippen LogP contribution in [0.25, 0.3) is 0 Å². The van der Waals surface area contributed by atoms with Crippen LogP contribution in [0.3, 0.4) is 0 Å². The van der Waals surface area contributed by atoms with Crippen LogP contribution >= 0.6 is 11.6 Å². The lowest BCUT2D eigenvalue weighted by atomic mass is 10.0. The first-order chi connectivity index (χ1) is 10.2. The van der Waals surface area contributed by atoms with E-state index in [0.717, 1.165) is 43.1 Å². The van der Waals surface area contributed by atoms with Gasteiger partial charge in [0.15, 0.2) is 0 Å². The van der Waals surface area contributed by atoms with Crippen LogP contribution in [0.1, 0.15) is 31.2 Å². The van der Waals surface area contributed by atoms with Crippen molar-refractivity contribution in [2.75, 3.05) is 6.54 Å². The van der Waals surface area contributed by atoms with Crippen molar-refractivity contribution in [1.82, 2.24) is 14.9 Å². The molecule has 0 aliphatic carbocycles. The zero-order valence-corrected chi connectivity index (χ0v) is 13.6. The van der Waals surface area contributed by atoms with Crippen LogP contribution in [0, 0.1) is 0 Å². The van der Waals surface area contributed by atoms with E-state index < -0.39 is 0 Å². The Hall–Kier alpha value is -1.32. The lowest BCUT2D eigenvalue weighted by Crippen LogP contribution is -2.32. The van der Waals surface area contributed by atoms with E-state index in [2.05, 4.69) is 33.9 Å². The number of benzene rings is 1. The zero-order valence-electron chi connectivity index (χ0n) is 12.8.